The first-order valence-corrected chi connectivity index (χ1v) is 9.21. The van der Waals surface area contributed by atoms with Crippen LogP contribution in [0.4, 0.5) is 4.39 Å². The van der Waals surface area contributed by atoms with Gasteiger partial charge in [-0.25, -0.2) is 0 Å². The molecule has 2 unspecified atom stereocenters. The molecule has 1 aliphatic carbocycles. The molecule has 0 amide bonds. The summed E-state index contributed by atoms with van der Waals surface area (Å²) >= 11 is 0. The second kappa shape index (κ2) is 11.0. The fourth-order valence-corrected chi connectivity index (χ4v) is 4.31. The number of rotatable bonds is 9. The normalized spacial score (nSPS) is 24.2. The number of unbranched alkanes of at least 4 members (excludes halogenated alkanes) is 3. The van der Waals surface area contributed by atoms with Gasteiger partial charge >= 0.3 is 0 Å². The minimum atomic E-state index is -0.154. The van der Waals surface area contributed by atoms with Crippen molar-refractivity contribution in [2.24, 2.45) is 5.92 Å². The second-order valence-electron chi connectivity index (χ2n) is 7.10. The molecule has 1 aromatic carbocycles. The Labute approximate surface area is 147 Å². The highest BCUT2D eigenvalue weighted by Gasteiger charge is 2.36. The lowest BCUT2D eigenvalue weighted by Gasteiger charge is -2.42. The van der Waals surface area contributed by atoms with Gasteiger partial charge in [0.15, 0.2) is 0 Å². The lowest BCUT2D eigenvalue weighted by Crippen LogP contribution is -3.00. The van der Waals surface area contributed by atoms with Crippen LogP contribution in [-0.2, 0) is 5.41 Å². The Kier molecular flexibility index (Phi) is 9.81. The molecule has 1 fully saturated rings. The maximum atomic E-state index is 12.8. The molecule has 23 heavy (non-hydrogen) atoms. The molecule has 0 spiro atoms. The van der Waals surface area contributed by atoms with Crippen LogP contribution < -0.4 is 18.1 Å². The summed E-state index contributed by atoms with van der Waals surface area (Å²) in [4.78, 5) is 0. The Hall–Kier alpha value is -0.600. The van der Waals surface area contributed by atoms with Gasteiger partial charge in [-0.15, -0.1) is 0 Å². The summed E-state index contributed by atoms with van der Waals surface area (Å²) in [5.74, 6) is 0.582. The fraction of sp³-hybridized carbons (Fsp3) is 0.700. The van der Waals surface area contributed by atoms with Crippen molar-refractivity contribution in [3.05, 3.63) is 35.9 Å². The van der Waals surface area contributed by atoms with E-state index >= 15 is 0 Å². The second-order valence-corrected chi connectivity index (χ2v) is 7.10. The summed E-state index contributed by atoms with van der Waals surface area (Å²) in [6.07, 6.45) is 12.2. The first-order valence-electron chi connectivity index (χ1n) is 9.21. The van der Waals surface area contributed by atoms with Gasteiger partial charge in [0.1, 0.15) is 0 Å². The number of quaternary nitrogens is 1. The van der Waals surface area contributed by atoms with Crippen LogP contribution in [0.2, 0.25) is 0 Å². The van der Waals surface area contributed by atoms with E-state index in [0.29, 0.717) is 11.3 Å². The minimum absolute atomic E-state index is 0. The van der Waals surface area contributed by atoms with E-state index < -0.39 is 0 Å². The summed E-state index contributed by atoms with van der Waals surface area (Å²) in [6, 6.07) is 11.0. The van der Waals surface area contributed by atoms with Crippen LogP contribution in [0.3, 0.4) is 0 Å². The molecule has 3 heteroatoms. The van der Waals surface area contributed by atoms with Crippen LogP contribution in [0.15, 0.2) is 30.3 Å². The van der Waals surface area contributed by atoms with Gasteiger partial charge in [-0.2, -0.15) is 0 Å². The van der Waals surface area contributed by atoms with Crippen LogP contribution in [0.25, 0.3) is 0 Å². The largest absolute Gasteiger partial charge is 1.00 e. The van der Waals surface area contributed by atoms with Crippen molar-refractivity contribution in [2.75, 3.05) is 13.2 Å². The SMILES string of the molecule is [Cl-].[NH3+]CCCCCCC1(c2ccccc2)CCCC(CCF)C1. The molecule has 1 saturated carbocycles. The van der Waals surface area contributed by atoms with E-state index in [1.54, 1.807) is 0 Å². The van der Waals surface area contributed by atoms with Gasteiger partial charge in [-0.3, -0.25) is 4.39 Å². The average molecular weight is 342 g/mol. The summed E-state index contributed by atoms with van der Waals surface area (Å²) in [5, 5.41) is 0. The van der Waals surface area contributed by atoms with Gasteiger partial charge in [0.25, 0.3) is 0 Å². The zero-order chi connectivity index (χ0) is 15.7. The quantitative estimate of drug-likeness (QED) is 0.662. The molecule has 0 aromatic heterocycles. The van der Waals surface area contributed by atoms with Crippen molar-refractivity contribution in [3.8, 4) is 0 Å². The highest BCUT2D eigenvalue weighted by Crippen LogP contribution is 2.46. The molecule has 1 aromatic rings. The summed E-state index contributed by atoms with van der Waals surface area (Å²) in [6.45, 7) is 0.904. The highest BCUT2D eigenvalue weighted by molar-refractivity contribution is 5.26. The topological polar surface area (TPSA) is 27.6 Å². The van der Waals surface area contributed by atoms with E-state index in [-0.39, 0.29) is 19.1 Å². The Morgan fingerprint density at radius 1 is 1.09 bits per heavy atom. The van der Waals surface area contributed by atoms with Gasteiger partial charge in [-0.05, 0) is 55.4 Å². The lowest BCUT2D eigenvalue weighted by molar-refractivity contribution is -0.368. The summed E-state index contributed by atoms with van der Waals surface area (Å²) < 4.78 is 12.8. The molecule has 2 rings (SSSR count). The van der Waals surface area contributed by atoms with Crippen LogP contribution in [0.5, 0.6) is 0 Å². The first-order chi connectivity index (χ1) is 10.8. The first kappa shape index (κ1) is 20.4. The van der Waals surface area contributed by atoms with E-state index in [2.05, 4.69) is 36.1 Å². The van der Waals surface area contributed by atoms with Crippen LogP contribution in [0, 0.1) is 5.92 Å². The summed E-state index contributed by atoms with van der Waals surface area (Å²) in [5.41, 5.74) is 5.73. The van der Waals surface area contributed by atoms with Crippen LogP contribution in [0.1, 0.15) is 69.8 Å². The third-order valence-electron chi connectivity index (χ3n) is 5.51. The number of hydrogen-bond donors (Lipinski definition) is 1. The zero-order valence-corrected chi connectivity index (χ0v) is 15.2. The van der Waals surface area contributed by atoms with Crippen molar-refractivity contribution in [1.82, 2.24) is 0 Å². The van der Waals surface area contributed by atoms with Gasteiger partial charge in [0, 0.05) is 0 Å². The minimum Gasteiger partial charge on any atom is -1.00 e. The third kappa shape index (κ3) is 6.08. The molecule has 0 radical (unpaired) electrons. The number of halogens is 2. The number of alkyl halides is 1. The molecule has 2 atom stereocenters. The van der Waals surface area contributed by atoms with Crippen molar-refractivity contribution in [2.45, 2.75) is 69.6 Å². The van der Waals surface area contributed by atoms with Gasteiger partial charge in [0.05, 0.1) is 13.2 Å². The Balaban J connectivity index is 0.00000264. The standard InChI is InChI=1S/C20H32FN.ClH/c21-15-12-18-9-8-14-20(17-18,13-6-1-2-7-16-22)19-10-4-3-5-11-19;/h3-5,10-11,18H,1-2,6-9,12-17,22H2;1H. The van der Waals surface area contributed by atoms with Gasteiger partial charge in [0.2, 0.25) is 0 Å². The van der Waals surface area contributed by atoms with Gasteiger partial charge < -0.3 is 18.1 Å². The third-order valence-corrected chi connectivity index (χ3v) is 5.51. The predicted molar refractivity (Wildman–Crippen MR) is 91.5 cm³/mol. The maximum absolute atomic E-state index is 12.8. The van der Waals surface area contributed by atoms with Crippen molar-refractivity contribution in [1.29, 1.82) is 0 Å². The molecular weight excluding hydrogens is 309 g/mol. The molecule has 3 N–H and O–H groups in total. The number of hydrogen-bond acceptors (Lipinski definition) is 0. The van der Waals surface area contributed by atoms with Crippen molar-refractivity contribution < 1.29 is 22.5 Å². The zero-order valence-electron chi connectivity index (χ0n) is 14.4. The smallest absolute Gasteiger partial charge is 0.0897 e. The maximum Gasteiger partial charge on any atom is 0.0897 e. The van der Waals surface area contributed by atoms with Crippen molar-refractivity contribution >= 4 is 0 Å². The van der Waals surface area contributed by atoms with Crippen molar-refractivity contribution in [3.63, 3.8) is 0 Å². The summed E-state index contributed by atoms with van der Waals surface area (Å²) in [7, 11) is 0. The fourth-order valence-electron chi connectivity index (χ4n) is 4.31. The van der Waals surface area contributed by atoms with E-state index in [1.807, 2.05) is 0 Å². The van der Waals surface area contributed by atoms with E-state index in [9.17, 15) is 4.39 Å². The van der Waals surface area contributed by atoms with Crippen LogP contribution in [-0.4, -0.2) is 13.2 Å². The molecule has 0 bridgehead atoms. The molecular formula is C20H33ClFN. The lowest BCUT2D eigenvalue weighted by atomic mass is 9.63. The Morgan fingerprint density at radius 2 is 1.83 bits per heavy atom. The molecule has 0 saturated heterocycles. The average Bonchev–Trinajstić information content (AvgIpc) is 2.56. The van der Waals surface area contributed by atoms with Crippen LogP contribution >= 0.6 is 0 Å². The van der Waals surface area contributed by atoms with Gasteiger partial charge in [-0.1, -0.05) is 56.0 Å². The Morgan fingerprint density at radius 3 is 2.52 bits per heavy atom. The highest BCUT2D eigenvalue weighted by atomic mass is 35.5. The molecule has 0 heterocycles. The molecule has 0 aliphatic heterocycles. The molecule has 1 nitrogen and oxygen atoms in total. The molecule has 1 aliphatic rings. The van der Waals surface area contributed by atoms with E-state index in [4.69, 9.17) is 0 Å². The van der Waals surface area contributed by atoms with E-state index in [0.717, 1.165) is 13.0 Å². The monoisotopic (exact) mass is 341 g/mol. The van der Waals surface area contributed by atoms with E-state index in [1.165, 1.54) is 63.4 Å². The Bertz CT molecular complexity index is 409. The number of benzene rings is 1. The predicted octanol–water partition coefficient (Wildman–Crippen LogP) is 1.67. The molecule has 132 valence electrons.